The zero-order valence-corrected chi connectivity index (χ0v) is 15.9. The first-order chi connectivity index (χ1) is 12.7. The van der Waals surface area contributed by atoms with E-state index in [2.05, 4.69) is 21.3 Å². The zero-order valence-electron chi connectivity index (χ0n) is 15.9. The monoisotopic (exact) mass is 385 g/mol. The Bertz CT molecular complexity index is 534. The predicted octanol–water partition coefficient (Wildman–Crippen LogP) is -0.713. The summed E-state index contributed by atoms with van der Waals surface area (Å²) in [7, 11) is 0. The molecule has 10 heteroatoms. The van der Waals surface area contributed by atoms with E-state index >= 15 is 0 Å². The molecule has 7 N–H and O–H groups in total. The Morgan fingerprint density at radius 1 is 1.19 bits per heavy atom. The van der Waals surface area contributed by atoms with E-state index in [0.29, 0.717) is 12.8 Å². The van der Waals surface area contributed by atoms with Crippen molar-refractivity contribution in [2.45, 2.75) is 64.1 Å². The highest BCUT2D eigenvalue weighted by molar-refractivity contribution is 5.91. The Kier molecular flexibility index (Phi) is 9.55. The number of hydrogen-bond donors (Lipinski definition) is 6. The number of aliphatic carboxylic acids is 1. The van der Waals surface area contributed by atoms with Crippen LogP contribution < -0.4 is 27.0 Å². The summed E-state index contributed by atoms with van der Waals surface area (Å²) in [6, 6.07) is -2.93. The van der Waals surface area contributed by atoms with Gasteiger partial charge in [-0.05, 0) is 44.6 Å². The van der Waals surface area contributed by atoms with E-state index in [0.717, 1.165) is 13.0 Å². The lowest BCUT2D eigenvalue weighted by molar-refractivity contribution is -0.142. The van der Waals surface area contributed by atoms with Crippen LogP contribution in [-0.2, 0) is 14.4 Å². The second-order valence-corrected chi connectivity index (χ2v) is 7.17. The maximum Gasteiger partial charge on any atom is 0.326 e. The van der Waals surface area contributed by atoms with Gasteiger partial charge in [-0.25, -0.2) is 9.59 Å². The van der Waals surface area contributed by atoms with Crippen LogP contribution in [0.2, 0.25) is 0 Å². The number of primary amides is 1. The number of amides is 4. The van der Waals surface area contributed by atoms with E-state index in [1.165, 1.54) is 0 Å². The van der Waals surface area contributed by atoms with Gasteiger partial charge in [0, 0.05) is 6.54 Å². The normalized spacial score (nSPS) is 18.6. The van der Waals surface area contributed by atoms with Gasteiger partial charge in [0.15, 0.2) is 0 Å². The number of hydrogen-bond acceptors (Lipinski definition) is 5. The molecule has 1 fully saturated rings. The van der Waals surface area contributed by atoms with E-state index in [-0.39, 0.29) is 37.3 Å². The van der Waals surface area contributed by atoms with Gasteiger partial charge in [-0.3, -0.25) is 9.59 Å². The molecule has 3 atom stereocenters. The summed E-state index contributed by atoms with van der Waals surface area (Å²) < 4.78 is 0. The first-order valence-electron chi connectivity index (χ1n) is 9.31. The summed E-state index contributed by atoms with van der Waals surface area (Å²) in [6.07, 6.45) is 2.51. The van der Waals surface area contributed by atoms with Gasteiger partial charge in [-0.1, -0.05) is 13.8 Å². The fourth-order valence-corrected chi connectivity index (χ4v) is 2.93. The predicted molar refractivity (Wildman–Crippen MR) is 98.8 cm³/mol. The van der Waals surface area contributed by atoms with Crippen LogP contribution in [0.25, 0.3) is 0 Å². The molecule has 1 aliphatic rings. The fraction of sp³-hybridized carbons (Fsp3) is 0.765. The average molecular weight is 385 g/mol. The lowest BCUT2D eigenvalue weighted by atomic mass is 10.0. The number of nitrogens with two attached hydrogens (primary N) is 1. The summed E-state index contributed by atoms with van der Waals surface area (Å²) in [5.41, 5.74) is 5.01. The lowest BCUT2D eigenvalue weighted by Crippen LogP contribution is -2.54. The molecule has 0 aliphatic carbocycles. The van der Waals surface area contributed by atoms with Gasteiger partial charge in [0.2, 0.25) is 11.8 Å². The standard InChI is InChI=1S/C17H31N5O5/c1-10(2)9-13(16(25)26)22-15(24)12(6-4-8-20-17(18)27)21-14(23)11-5-3-7-19-11/h10-13,19H,3-9H2,1-2H3,(H,21,23)(H,22,24)(H,25,26)(H3,18,20,27)/t11-,12-,13-/m0/s1. The molecule has 0 bridgehead atoms. The van der Waals surface area contributed by atoms with E-state index in [9.17, 15) is 24.3 Å². The van der Waals surface area contributed by atoms with Crippen molar-refractivity contribution in [2.75, 3.05) is 13.1 Å². The molecule has 10 nitrogen and oxygen atoms in total. The molecule has 1 saturated heterocycles. The van der Waals surface area contributed by atoms with Crippen molar-refractivity contribution < 1.29 is 24.3 Å². The zero-order chi connectivity index (χ0) is 20.4. The molecular weight excluding hydrogens is 354 g/mol. The summed E-state index contributed by atoms with van der Waals surface area (Å²) in [6.45, 7) is 4.73. The first-order valence-corrected chi connectivity index (χ1v) is 9.31. The summed E-state index contributed by atoms with van der Waals surface area (Å²) in [5.74, 6) is -1.86. The van der Waals surface area contributed by atoms with Crippen LogP contribution in [0.1, 0.15) is 46.0 Å². The average Bonchev–Trinajstić information content (AvgIpc) is 3.10. The molecular formula is C17H31N5O5. The third-order valence-corrected chi connectivity index (χ3v) is 4.30. The maximum absolute atomic E-state index is 12.6. The fourth-order valence-electron chi connectivity index (χ4n) is 2.93. The third kappa shape index (κ3) is 8.72. The number of carbonyl (C=O) groups is 4. The van der Waals surface area contributed by atoms with Crippen LogP contribution in [0, 0.1) is 5.92 Å². The SMILES string of the molecule is CC(C)C[C@H](NC(=O)[C@H](CCCNC(N)=O)NC(=O)[C@@H]1CCCN1)C(=O)O. The minimum atomic E-state index is -1.12. The Morgan fingerprint density at radius 2 is 1.89 bits per heavy atom. The van der Waals surface area contributed by atoms with E-state index in [4.69, 9.17) is 5.73 Å². The largest absolute Gasteiger partial charge is 0.480 e. The highest BCUT2D eigenvalue weighted by atomic mass is 16.4. The molecule has 0 spiro atoms. The van der Waals surface area contributed by atoms with Gasteiger partial charge in [0.05, 0.1) is 6.04 Å². The number of urea groups is 1. The molecule has 0 aromatic heterocycles. The molecule has 1 rings (SSSR count). The first kappa shape index (κ1) is 22.7. The molecule has 0 unspecified atom stereocenters. The molecule has 27 heavy (non-hydrogen) atoms. The smallest absolute Gasteiger partial charge is 0.326 e. The molecule has 1 aliphatic heterocycles. The summed E-state index contributed by atoms with van der Waals surface area (Å²) in [5, 5.41) is 20.0. The van der Waals surface area contributed by atoms with Crippen molar-refractivity contribution >= 4 is 23.8 Å². The Labute approximate surface area is 159 Å². The molecule has 0 aromatic rings. The minimum Gasteiger partial charge on any atom is -0.480 e. The number of carbonyl (C=O) groups excluding carboxylic acids is 3. The number of nitrogens with one attached hydrogen (secondary N) is 4. The highest BCUT2D eigenvalue weighted by Gasteiger charge is 2.29. The Hall–Kier alpha value is -2.36. The quantitative estimate of drug-likeness (QED) is 0.257. The van der Waals surface area contributed by atoms with Crippen molar-refractivity contribution in [3.63, 3.8) is 0 Å². The van der Waals surface area contributed by atoms with E-state index in [1.807, 2.05) is 13.8 Å². The lowest BCUT2D eigenvalue weighted by Gasteiger charge is -2.23. The van der Waals surface area contributed by atoms with Crippen LogP contribution in [0.5, 0.6) is 0 Å². The molecule has 0 aromatic carbocycles. The molecule has 1 heterocycles. The van der Waals surface area contributed by atoms with Gasteiger partial charge in [-0.15, -0.1) is 0 Å². The van der Waals surface area contributed by atoms with E-state index < -0.39 is 30.0 Å². The molecule has 154 valence electrons. The highest BCUT2D eigenvalue weighted by Crippen LogP contribution is 2.09. The number of carboxylic acid groups (broad SMARTS) is 1. The topological polar surface area (TPSA) is 163 Å². The Balaban J connectivity index is 2.70. The van der Waals surface area contributed by atoms with Gasteiger partial charge in [0.1, 0.15) is 12.1 Å². The second-order valence-electron chi connectivity index (χ2n) is 7.17. The van der Waals surface area contributed by atoms with E-state index in [1.54, 1.807) is 0 Å². The van der Waals surface area contributed by atoms with Crippen LogP contribution >= 0.6 is 0 Å². The van der Waals surface area contributed by atoms with Crippen LogP contribution in [-0.4, -0.2) is 60.1 Å². The van der Waals surface area contributed by atoms with Crippen LogP contribution in [0.15, 0.2) is 0 Å². The molecule has 4 amide bonds. The number of carboxylic acids is 1. The van der Waals surface area contributed by atoms with Crippen molar-refractivity contribution in [1.29, 1.82) is 0 Å². The minimum absolute atomic E-state index is 0.0851. The summed E-state index contributed by atoms with van der Waals surface area (Å²) in [4.78, 5) is 47.1. The van der Waals surface area contributed by atoms with Gasteiger partial charge >= 0.3 is 12.0 Å². The number of rotatable bonds is 11. The Morgan fingerprint density at radius 3 is 2.41 bits per heavy atom. The van der Waals surface area contributed by atoms with Crippen LogP contribution in [0.4, 0.5) is 4.79 Å². The van der Waals surface area contributed by atoms with Crippen molar-refractivity contribution in [2.24, 2.45) is 11.7 Å². The van der Waals surface area contributed by atoms with Gasteiger partial charge in [-0.2, -0.15) is 0 Å². The van der Waals surface area contributed by atoms with Crippen molar-refractivity contribution in [3.8, 4) is 0 Å². The molecule has 0 saturated carbocycles. The maximum atomic E-state index is 12.6. The van der Waals surface area contributed by atoms with Gasteiger partial charge < -0.3 is 32.1 Å². The summed E-state index contributed by atoms with van der Waals surface area (Å²) >= 11 is 0. The van der Waals surface area contributed by atoms with Crippen LogP contribution in [0.3, 0.4) is 0 Å². The molecule has 0 radical (unpaired) electrons. The third-order valence-electron chi connectivity index (χ3n) is 4.30. The van der Waals surface area contributed by atoms with Crippen molar-refractivity contribution in [3.05, 3.63) is 0 Å². The second kappa shape index (κ2) is 11.4. The van der Waals surface area contributed by atoms with Gasteiger partial charge in [0.25, 0.3) is 0 Å². The van der Waals surface area contributed by atoms with Crippen molar-refractivity contribution in [1.82, 2.24) is 21.3 Å².